The van der Waals surface area contributed by atoms with Crippen LogP contribution in [0, 0.1) is 5.82 Å². The first kappa shape index (κ1) is 18.6. The molecule has 2 aromatic carbocycles. The average molecular weight is 409 g/mol. The fourth-order valence-corrected chi connectivity index (χ4v) is 2.30. The Morgan fingerprint density at radius 3 is 2.40 bits per heavy atom. The van der Waals surface area contributed by atoms with Crippen LogP contribution >= 0.6 is 15.9 Å². The van der Waals surface area contributed by atoms with Gasteiger partial charge in [0.2, 0.25) is 6.10 Å². The molecule has 6 nitrogen and oxygen atoms in total. The Hall–Kier alpha value is -2.74. The number of halogens is 2. The zero-order valence-electron chi connectivity index (χ0n) is 13.1. The third kappa shape index (κ3) is 4.87. The van der Waals surface area contributed by atoms with Gasteiger partial charge < -0.3 is 10.1 Å². The van der Waals surface area contributed by atoms with Crippen molar-refractivity contribution in [1.82, 2.24) is 10.6 Å². The molecule has 0 bridgehead atoms. The quantitative estimate of drug-likeness (QED) is 0.761. The van der Waals surface area contributed by atoms with Crippen LogP contribution < -0.4 is 10.6 Å². The van der Waals surface area contributed by atoms with Gasteiger partial charge in [-0.2, -0.15) is 0 Å². The number of amides is 3. The summed E-state index contributed by atoms with van der Waals surface area (Å²) in [5.74, 6) is -2.67. The maximum absolute atomic E-state index is 13.9. The molecule has 2 aromatic rings. The van der Waals surface area contributed by atoms with Crippen molar-refractivity contribution in [2.24, 2.45) is 0 Å². The van der Waals surface area contributed by atoms with Gasteiger partial charge in [0.15, 0.2) is 0 Å². The van der Waals surface area contributed by atoms with Crippen LogP contribution in [0.2, 0.25) is 0 Å². The van der Waals surface area contributed by atoms with E-state index in [0.717, 1.165) is 6.07 Å². The SMILES string of the molecule is CNC(=O)NC(=O)[C@@H](OC(=O)c1ccc(Br)cc1F)c1ccccc1. The Balaban J connectivity index is 2.28. The molecule has 0 aromatic heterocycles. The van der Waals surface area contributed by atoms with E-state index < -0.39 is 29.8 Å². The number of nitrogens with one attached hydrogen (secondary N) is 2. The topological polar surface area (TPSA) is 84.5 Å². The second-order valence-electron chi connectivity index (χ2n) is 4.89. The molecule has 0 aliphatic heterocycles. The van der Waals surface area contributed by atoms with Gasteiger partial charge in [-0.3, -0.25) is 10.1 Å². The van der Waals surface area contributed by atoms with Crippen LogP contribution in [0.1, 0.15) is 22.0 Å². The minimum Gasteiger partial charge on any atom is -0.444 e. The number of imide groups is 1. The summed E-state index contributed by atoms with van der Waals surface area (Å²) in [6, 6.07) is 11.2. The highest BCUT2D eigenvalue weighted by atomic mass is 79.9. The number of hydrogen-bond donors (Lipinski definition) is 2. The van der Waals surface area contributed by atoms with Crippen LogP contribution in [0.4, 0.5) is 9.18 Å². The Bertz CT molecular complexity index is 798. The average Bonchev–Trinajstić information content (AvgIpc) is 2.59. The van der Waals surface area contributed by atoms with Gasteiger partial charge in [-0.1, -0.05) is 46.3 Å². The molecule has 2 N–H and O–H groups in total. The summed E-state index contributed by atoms with van der Waals surface area (Å²) in [4.78, 5) is 35.9. The summed E-state index contributed by atoms with van der Waals surface area (Å²) in [5.41, 5.74) is 0.0200. The maximum atomic E-state index is 13.9. The maximum Gasteiger partial charge on any atom is 0.342 e. The molecule has 3 amide bonds. The fraction of sp³-hybridized carbons (Fsp3) is 0.118. The number of carbonyl (C=O) groups excluding carboxylic acids is 3. The van der Waals surface area contributed by atoms with Crippen molar-refractivity contribution in [3.05, 3.63) is 69.9 Å². The normalized spacial score (nSPS) is 11.3. The smallest absolute Gasteiger partial charge is 0.342 e. The molecule has 0 saturated carbocycles. The van der Waals surface area contributed by atoms with Crippen LogP contribution in [0.15, 0.2) is 53.0 Å². The highest BCUT2D eigenvalue weighted by Crippen LogP contribution is 2.22. The molecule has 2 rings (SSSR count). The number of esters is 1. The highest BCUT2D eigenvalue weighted by molar-refractivity contribution is 9.10. The predicted octanol–water partition coefficient (Wildman–Crippen LogP) is 2.94. The summed E-state index contributed by atoms with van der Waals surface area (Å²) in [6.45, 7) is 0. The van der Waals surface area contributed by atoms with E-state index >= 15 is 0 Å². The largest absolute Gasteiger partial charge is 0.444 e. The van der Waals surface area contributed by atoms with Crippen LogP contribution in [0.3, 0.4) is 0 Å². The molecular formula is C17H14BrFN2O4. The molecule has 0 radical (unpaired) electrons. The third-order valence-corrected chi connectivity index (χ3v) is 3.67. The third-order valence-electron chi connectivity index (χ3n) is 3.18. The van der Waals surface area contributed by atoms with Crippen LogP contribution in [0.5, 0.6) is 0 Å². The summed E-state index contributed by atoms with van der Waals surface area (Å²) in [7, 11) is 1.34. The van der Waals surface area contributed by atoms with E-state index in [2.05, 4.69) is 21.2 Å². The zero-order valence-corrected chi connectivity index (χ0v) is 14.7. The Morgan fingerprint density at radius 1 is 1.12 bits per heavy atom. The second kappa shape index (κ2) is 8.39. The van der Waals surface area contributed by atoms with Gasteiger partial charge in [0.25, 0.3) is 5.91 Å². The van der Waals surface area contributed by atoms with Gasteiger partial charge in [0.1, 0.15) is 5.82 Å². The minimum atomic E-state index is -1.41. The Labute approximate surface area is 151 Å². The fourth-order valence-electron chi connectivity index (χ4n) is 1.97. The van der Waals surface area contributed by atoms with E-state index in [1.807, 2.05) is 5.32 Å². The summed E-state index contributed by atoms with van der Waals surface area (Å²) < 4.78 is 19.5. The van der Waals surface area contributed by atoms with Crippen LogP contribution in [-0.2, 0) is 9.53 Å². The van der Waals surface area contributed by atoms with Crippen molar-refractivity contribution in [3.8, 4) is 0 Å². The molecule has 0 fully saturated rings. The van der Waals surface area contributed by atoms with E-state index in [4.69, 9.17) is 4.74 Å². The molecule has 130 valence electrons. The number of ether oxygens (including phenoxy) is 1. The van der Waals surface area contributed by atoms with Gasteiger partial charge in [0.05, 0.1) is 5.56 Å². The molecule has 0 saturated heterocycles. The summed E-state index contributed by atoms with van der Waals surface area (Å²) in [5, 5.41) is 4.27. The predicted molar refractivity (Wildman–Crippen MR) is 91.3 cm³/mol. The highest BCUT2D eigenvalue weighted by Gasteiger charge is 2.28. The molecule has 1 atom stereocenters. The summed E-state index contributed by atoms with van der Waals surface area (Å²) >= 11 is 3.09. The zero-order chi connectivity index (χ0) is 18.4. The van der Waals surface area contributed by atoms with Crippen molar-refractivity contribution in [3.63, 3.8) is 0 Å². The lowest BCUT2D eigenvalue weighted by atomic mass is 10.1. The van der Waals surface area contributed by atoms with E-state index in [1.54, 1.807) is 30.3 Å². The van der Waals surface area contributed by atoms with Gasteiger partial charge in [-0.25, -0.2) is 14.0 Å². The van der Waals surface area contributed by atoms with E-state index in [1.165, 1.54) is 19.2 Å². The number of hydrogen-bond acceptors (Lipinski definition) is 4. The molecule has 0 aliphatic rings. The van der Waals surface area contributed by atoms with Crippen molar-refractivity contribution in [2.75, 3.05) is 7.05 Å². The first-order chi connectivity index (χ1) is 11.9. The number of rotatable bonds is 4. The number of carbonyl (C=O) groups is 3. The molecule has 0 unspecified atom stereocenters. The van der Waals surface area contributed by atoms with Crippen molar-refractivity contribution in [1.29, 1.82) is 0 Å². The second-order valence-corrected chi connectivity index (χ2v) is 5.80. The van der Waals surface area contributed by atoms with Crippen LogP contribution in [-0.4, -0.2) is 25.0 Å². The molecular weight excluding hydrogens is 395 g/mol. The summed E-state index contributed by atoms with van der Waals surface area (Å²) in [6.07, 6.45) is -1.41. The molecule has 0 spiro atoms. The molecule has 25 heavy (non-hydrogen) atoms. The van der Waals surface area contributed by atoms with Gasteiger partial charge >= 0.3 is 12.0 Å². The first-order valence-corrected chi connectivity index (χ1v) is 7.95. The van der Waals surface area contributed by atoms with Gasteiger partial charge in [0, 0.05) is 17.1 Å². The van der Waals surface area contributed by atoms with Crippen molar-refractivity contribution >= 4 is 33.8 Å². The van der Waals surface area contributed by atoms with Crippen molar-refractivity contribution < 1.29 is 23.5 Å². The van der Waals surface area contributed by atoms with Crippen molar-refractivity contribution in [2.45, 2.75) is 6.10 Å². The van der Waals surface area contributed by atoms with Gasteiger partial charge in [-0.15, -0.1) is 0 Å². The van der Waals surface area contributed by atoms with E-state index in [-0.39, 0.29) is 5.56 Å². The lowest BCUT2D eigenvalue weighted by Crippen LogP contribution is -2.41. The first-order valence-electron chi connectivity index (χ1n) is 7.16. The molecule has 8 heteroatoms. The standard InChI is InChI=1S/C17H14BrFN2O4/c1-20-17(24)21-15(22)14(10-5-3-2-4-6-10)25-16(23)12-8-7-11(18)9-13(12)19/h2-9,14H,1H3,(H2,20,21,22,24)/t14-/m0/s1. The monoisotopic (exact) mass is 408 g/mol. The molecule has 0 heterocycles. The minimum absolute atomic E-state index is 0.322. The van der Waals surface area contributed by atoms with E-state index in [0.29, 0.717) is 10.0 Å². The lowest BCUT2D eigenvalue weighted by molar-refractivity contribution is -0.129. The Morgan fingerprint density at radius 2 is 1.80 bits per heavy atom. The lowest BCUT2D eigenvalue weighted by Gasteiger charge is -2.17. The van der Waals surface area contributed by atoms with Gasteiger partial charge in [-0.05, 0) is 18.2 Å². The van der Waals surface area contributed by atoms with E-state index in [9.17, 15) is 18.8 Å². The Kier molecular flexibility index (Phi) is 6.24. The number of benzene rings is 2. The molecule has 0 aliphatic carbocycles. The number of urea groups is 1. The van der Waals surface area contributed by atoms with Crippen LogP contribution in [0.25, 0.3) is 0 Å².